The van der Waals surface area contributed by atoms with E-state index < -0.39 is 0 Å². The van der Waals surface area contributed by atoms with E-state index >= 15 is 0 Å². The number of amides is 1. The minimum Gasteiger partial charge on any atom is -0.492 e. The van der Waals surface area contributed by atoms with Gasteiger partial charge >= 0.3 is 0 Å². The van der Waals surface area contributed by atoms with Crippen LogP contribution in [-0.4, -0.2) is 44.9 Å². The molecule has 1 aromatic rings. The first kappa shape index (κ1) is 16.8. The molecule has 1 saturated heterocycles. The van der Waals surface area contributed by atoms with Crippen LogP contribution in [0.25, 0.3) is 0 Å². The van der Waals surface area contributed by atoms with E-state index in [1.807, 2.05) is 31.2 Å². The second-order valence-electron chi connectivity index (χ2n) is 4.53. The SMILES string of the molecule is Cc1ccc(OCCNC(=O)C2COCCN2)cc1.Cl. The maximum atomic E-state index is 11.7. The Morgan fingerprint density at radius 3 is 2.85 bits per heavy atom. The van der Waals surface area contributed by atoms with Gasteiger partial charge in [-0.2, -0.15) is 0 Å². The molecule has 0 bridgehead atoms. The summed E-state index contributed by atoms with van der Waals surface area (Å²) in [4.78, 5) is 11.7. The summed E-state index contributed by atoms with van der Waals surface area (Å²) >= 11 is 0. The highest BCUT2D eigenvalue weighted by Gasteiger charge is 2.20. The lowest BCUT2D eigenvalue weighted by molar-refractivity contribution is -0.126. The zero-order valence-corrected chi connectivity index (χ0v) is 12.4. The fourth-order valence-electron chi connectivity index (χ4n) is 1.83. The molecular formula is C14H21ClN2O3. The molecule has 1 aromatic carbocycles. The van der Waals surface area contributed by atoms with E-state index in [4.69, 9.17) is 9.47 Å². The third-order valence-corrected chi connectivity index (χ3v) is 2.93. The minimum absolute atomic E-state index is 0. The van der Waals surface area contributed by atoms with Gasteiger partial charge in [0.25, 0.3) is 0 Å². The van der Waals surface area contributed by atoms with Gasteiger partial charge in [0.15, 0.2) is 0 Å². The Labute approximate surface area is 125 Å². The number of carbonyl (C=O) groups is 1. The maximum Gasteiger partial charge on any atom is 0.239 e. The number of rotatable bonds is 5. The van der Waals surface area contributed by atoms with Crippen molar-refractivity contribution in [2.75, 3.05) is 32.9 Å². The summed E-state index contributed by atoms with van der Waals surface area (Å²) in [5, 5.41) is 5.93. The van der Waals surface area contributed by atoms with Crippen LogP contribution in [0.4, 0.5) is 0 Å². The lowest BCUT2D eigenvalue weighted by Crippen LogP contribution is -2.51. The fourth-order valence-corrected chi connectivity index (χ4v) is 1.83. The van der Waals surface area contributed by atoms with Gasteiger partial charge in [-0.05, 0) is 19.1 Å². The first-order valence-corrected chi connectivity index (χ1v) is 6.54. The van der Waals surface area contributed by atoms with Crippen molar-refractivity contribution in [2.24, 2.45) is 0 Å². The van der Waals surface area contributed by atoms with Gasteiger partial charge < -0.3 is 20.1 Å². The molecule has 6 heteroatoms. The molecule has 1 aliphatic heterocycles. The van der Waals surface area contributed by atoms with E-state index in [-0.39, 0.29) is 24.4 Å². The fraction of sp³-hybridized carbons (Fsp3) is 0.500. The van der Waals surface area contributed by atoms with Gasteiger partial charge in [0.05, 0.1) is 19.8 Å². The number of hydrogen-bond donors (Lipinski definition) is 2. The van der Waals surface area contributed by atoms with Gasteiger partial charge in [0, 0.05) is 6.54 Å². The highest BCUT2D eigenvalue weighted by Crippen LogP contribution is 2.10. The van der Waals surface area contributed by atoms with Crippen molar-refractivity contribution in [1.82, 2.24) is 10.6 Å². The molecule has 1 aliphatic rings. The summed E-state index contributed by atoms with van der Waals surface area (Å²) in [7, 11) is 0. The normalized spacial score (nSPS) is 17.9. The van der Waals surface area contributed by atoms with E-state index in [2.05, 4.69) is 10.6 Å². The Morgan fingerprint density at radius 2 is 2.20 bits per heavy atom. The van der Waals surface area contributed by atoms with Gasteiger partial charge in [0.1, 0.15) is 18.4 Å². The van der Waals surface area contributed by atoms with Crippen molar-refractivity contribution >= 4 is 18.3 Å². The predicted octanol–water partition coefficient (Wildman–Crippen LogP) is 0.900. The summed E-state index contributed by atoms with van der Waals surface area (Å²) in [6.45, 7) is 4.80. The first-order valence-electron chi connectivity index (χ1n) is 6.54. The lowest BCUT2D eigenvalue weighted by atomic mass is 10.2. The van der Waals surface area contributed by atoms with Crippen LogP contribution in [0.2, 0.25) is 0 Å². The molecule has 1 amide bonds. The average molecular weight is 301 g/mol. The molecule has 2 N–H and O–H groups in total. The molecule has 1 fully saturated rings. The number of ether oxygens (including phenoxy) is 2. The van der Waals surface area contributed by atoms with Crippen molar-refractivity contribution in [3.05, 3.63) is 29.8 Å². The number of nitrogens with one attached hydrogen (secondary N) is 2. The van der Waals surface area contributed by atoms with Crippen LogP contribution in [0, 0.1) is 6.92 Å². The summed E-state index contributed by atoms with van der Waals surface area (Å²) in [6, 6.07) is 7.60. The largest absolute Gasteiger partial charge is 0.492 e. The van der Waals surface area contributed by atoms with E-state index in [0.29, 0.717) is 26.4 Å². The zero-order chi connectivity index (χ0) is 13.5. The van der Waals surface area contributed by atoms with Crippen LogP contribution in [0.5, 0.6) is 5.75 Å². The molecule has 112 valence electrons. The molecule has 0 radical (unpaired) electrons. The maximum absolute atomic E-state index is 11.7. The van der Waals surface area contributed by atoms with E-state index in [1.54, 1.807) is 0 Å². The molecule has 0 saturated carbocycles. The minimum atomic E-state index is -0.242. The van der Waals surface area contributed by atoms with Crippen LogP contribution in [-0.2, 0) is 9.53 Å². The van der Waals surface area contributed by atoms with Crippen molar-refractivity contribution in [1.29, 1.82) is 0 Å². The summed E-state index contributed by atoms with van der Waals surface area (Å²) in [6.07, 6.45) is 0. The number of carbonyl (C=O) groups excluding carboxylic acids is 1. The van der Waals surface area contributed by atoms with Crippen LogP contribution in [0.3, 0.4) is 0 Å². The van der Waals surface area contributed by atoms with Gasteiger partial charge in [-0.3, -0.25) is 4.79 Å². The Bertz CT molecular complexity index is 405. The van der Waals surface area contributed by atoms with Gasteiger partial charge in [-0.1, -0.05) is 17.7 Å². The molecule has 1 atom stereocenters. The average Bonchev–Trinajstić information content (AvgIpc) is 2.46. The van der Waals surface area contributed by atoms with E-state index in [1.165, 1.54) is 5.56 Å². The molecule has 0 aromatic heterocycles. The van der Waals surface area contributed by atoms with Crippen LogP contribution >= 0.6 is 12.4 Å². The van der Waals surface area contributed by atoms with Crippen molar-refractivity contribution in [3.63, 3.8) is 0 Å². The number of hydrogen-bond acceptors (Lipinski definition) is 4. The molecule has 2 rings (SSSR count). The van der Waals surface area contributed by atoms with E-state index in [9.17, 15) is 4.79 Å². The molecule has 5 nitrogen and oxygen atoms in total. The standard InChI is InChI=1S/C14H20N2O3.ClH/c1-11-2-4-12(5-3-11)19-9-7-16-14(17)13-10-18-8-6-15-13;/h2-5,13,15H,6-10H2,1H3,(H,16,17);1H. The summed E-state index contributed by atoms with van der Waals surface area (Å²) in [5.41, 5.74) is 1.20. The molecule has 1 unspecified atom stereocenters. The Hall–Kier alpha value is -1.30. The monoisotopic (exact) mass is 300 g/mol. The molecule has 1 heterocycles. The third kappa shape index (κ3) is 5.36. The summed E-state index contributed by atoms with van der Waals surface area (Å²) < 4.78 is 10.8. The Kier molecular flexibility index (Phi) is 7.36. The highest BCUT2D eigenvalue weighted by atomic mass is 35.5. The highest BCUT2D eigenvalue weighted by molar-refractivity contribution is 5.85. The van der Waals surface area contributed by atoms with Gasteiger partial charge in [-0.15, -0.1) is 12.4 Å². The van der Waals surface area contributed by atoms with Gasteiger partial charge in [0.2, 0.25) is 5.91 Å². The van der Waals surface area contributed by atoms with Crippen molar-refractivity contribution in [2.45, 2.75) is 13.0 Å². The lowest BCUT2D eigenvalue weighted by Gasteiger charge is -2.22. The zero-order valence-electron chi connectivity index (χ0n) is 11.6. The van der Waals surface area contributed by atoms with E-state index in [0.717, 1.165) is 12.3 Å². The van der Waals surface area contributed by atoms with Crippen LogP contribution in [0.15, 0.2) is 24.3 Å². The number of benzene rings is 1. The molecule has 0 spiro atoms. The topological polar surface area (TPSA) is 59.6 Å². The molecular weight excluding hydrogens is 280 g/mol. The van der Waals surface area contributed by atoms with Crippen LogP contribution in [0.1, 0.15) is 5.56 Å². The van der Waals surface area contributed by atoms with Crippen molar-refractivity contribution < 1.29 is 14.3 Å². The smallest absolute Gasteiger partial charge is 0.239 e. The predicted molar refractivity (Wildman–Crippen MR) is 79.5 cm³/mol. The molecule has 0 aliphatic carbocycles. The number of morpholine rings is 1. The molecule has 20 heavy (non-hydrogen) atoms. The van der Waals surface area contributed by atoms with Crippen molar-refractivity contribution in [3.8, 4) is 5.75 Å². The second-order valence-corrected chi connectivity index (χ2v) is 4.53. The number of aryl methyl sites for hydroxylation is 1. The summed E-state index contributed by atoms with van der Waals surface area (Å²) in [5.74, 6) is 0.783. The Balaban J connectivity index is 0.00000200. The first-order chi connectivity index (χ1) is 9.25. The quantitative estimate of drug-likeness (QED) is 0.793. The third-order valence-electron chi connectivity index (χ3n) is 2.93. The second kappa shape index (κ2) is 8.79. The Morgan fingerprint density at radius 1 is 1.45 bits per heavy atom. The van der Waals surface area contributed by atoms with Gasteiger partial charge in [-0.25, -0.2) is 0 Å². The number of halogens is 1. The van der Waals surface area contributed by atoms with Crippen LogP contribution < -0.4 is 15.4 Å².